The van der Waals surface area contributed by atoms with Crippen molar-refractivity contribution in [2.24, 2.45) is 11.8 Å². The molecule has 4 aliphatic rings. The number of hydrogen-bond acceptors (Lipinski definition) is 3. The number of carbonyl (C=O) groups is 1. The quantitative estimate of drug-likeness (QED) is 0.487. The van der Waals surface area contributed by atoms with Crippen LogP contribution in [0.15, 0.2) is 60.7 Å². The van der Waals surface area contributed by atoms with Crippen LogP contribution in [0.4, 0.5) is 0 Å². The van der Waals surface area contributed by atoms with Crippen LogP contribution >= 0.6 is 0 Å². The number of esters is 1. The molecule has 176 valence electrons. The Morgan fingerprint density at radius 2 is 1.55 bits per heavy atom. The summed E-state index contributed by atoms with van der Waals surface area (Å²) in [5.41, 5.74) is 0.529. The van der Waals surface area contributed by atoms with E-state index in [1.807, 2.05) is 30.3 Å². The van der Waals surface area contributed by atoms with Crippen molar-refractivity contribution >= 4 is 5.97 Å². The van der Waals surface area contributed by atoms with Gasteiger partial charge in [0, 0.05) is 31.1 Å². The molecule has 33 heavy (non-hydrogen) atoms. The molecule has 4 fully saturated rings. The molecular formula is C29H38NO3+. The number of nitrogens with zero attached hydrogens (tertiary/aromatic N) is 1. The lowest BCUT2D eigenvalue weighted by atomic mass is 9.73. The lowest BCUT2D eigenvalue weighted by Crippen LogP contribution is -2.65. The van der Waals surface area contributed by atoms with E-state index >= 15 is 0 Å². The molecule has 2 aromatic carbocycles. The Bertz CT molecular complexity index is 916. The van der Waals surface area contributed by atoms with E-state index in [1.165, 1.54) is 25.1 Å². The molecule has 0 amide bonds. The van der Waals surface area contributed by atoms with Crippen molar-refractivity contribution < 1.29 is 19.1 Å². The zero-order chi connectivity index (χ0) is 22.7. The van der Waals surface area contributed by atoms with E-state index < -0.39 is 11.6 Å². The Balaban J connectivity index is 1.32. The Morgan fingerprint density at radius 3 is 2.21 bits per heavy atom. The van der Waals surface area contributed by atoms with Crippen LogP contribution in [0.3, 0.4) is 0 Å². The van der Waals surface area contributed by atoms with Gasteiger partial charge >= 0.3 is 5.97 Å². The van der Waals surface area contributed by atoms with Crippen molar-refractivity contribution in [2.75, 3.05) is 26.2 Å². The Kier molecular flexibility index (Phi) is 6.58. The van der Waals surface area contributed by atoms with Gasteiger partial charge in [-0.3, -0.25) is 0 Å². The molecule has 0 radical (unpaired) electrons. The van der Waals surface area contributed by atoms with Gasteiger partial charge in [-0.2, -0.15) is 0 Å². The summed E-state index contributed by atoms with van der Waals surface area (Å²) in [4.78, 5) is 13.7. The van der Waals surface area contributed by atoms with E-state index in [2.05, 4.69) is 30.3 Å². The van der Waals surface area contributed by atoms with E-state index in [0.717, 1.165) is 62.5 Å². The topological polar surface area (TPSA) is 46.5 Å². The largest absolute Gasteiger partial charge is 0.454 e. The molecule has 1 saturated carbocycles. The zero-order valence-corrected chi connectivity index (χ0v) is 19.7. The highest BCUT2D eigenvalue weighted by Gasteiger charge is 2.52. The Morgan fingerprint density at radius 1 is 0.909 bits per heavy atom. The molecule has 0 aromatic heterocycles. The van der Waals surface area contributed by atoms with Crippen LogP contribution in [0.2, 0.25) is 0 Å². The molecule has 3 aliphatic heterocycles. The highest BCUT2D eigenvalue weighted by Crippen LogP contribution is 2.42. The number of benzene rings is 2. The average Bonchev–Trinajstić information content (AvgIpc) is 2.89. The first-order chi connectivity index (χ1) is 16.1. The molecule has 2 bridgehead atoms. The molecule has 3 heterocycles. The minimum atomic E-state index is -1.54. The first kappa shape index (κ1) is 22.6. The predicted octanol–water partition coefficient (Wildman–Crippen LogP) is 4.85. The number of aliphatic hydroxyl groups is 1. The van der Waals surface area contributed by atoms with Gasteiger partial charge in [-0.15, -0.1) is 0 Å². The van der Waals surface area contributed by atoms with E-state index in [4.69, 9.17) is 4.74 Å². The molecule has 2 atom stereocenters. The summed E-state index contributed by atoms with van der Waals surface area (Å²) in [6.45, 7) is 4.34. The maximum Gasteiger partial charge on any atom is 0.343 e. The predicted molar refractivity (Wildman–Crippen MR) is 129 cm³/mol. The van der Waals surface area contributed by atoms with Gasteiger partial charge in [-0.05, 0) is 24.0 Å². The number of rotatable bonds is 7. The lowest BCUT2D eigenvalue weighted by molar-refractivity contribution is -0.946. The minimum Gasteiger partial charge on any atom is -0.454 e. The normalized spacial score (nSPS) is 29.4. The monoisotopic (exact) mass is 448 g/mol. The molecule has 0 unspecified atom stereocenters. The third-order valence-corrected chi connectivity index (χ3v) is 8.74. The van der Waals surface area contributed by atoms with Gasteiger partial charge in [-0.1, -0.05) is 79.9 Å². The SMILES string of the molecule is O=C(O[C@H]1C[N+]2(CCc3ccccc3)CCC1CC2)[C@@](O)(c1ccccc1)C1CCCCC1. The summed E-state index contributed by atoms with van der Waals surface area (Å²) in [6.07, 6.45) is 8.27. The highest BCUT2D eigenvalue weighted by atomic mass is 16.6. The van der Waals surface area contributed by atoms with Crippen LogP contribution in [0.25, 0.3) is 0 Å². The van der Waals surface area contributed by atoms with Crippen LogP contribution < -0.4 is 0 Å². The van der Waals surface area contributed by atoms with Crippen molar-refractivity contribution in [3.8, 4) is 0 Å². The third-order valence-electron chi connectivity index (χ3n) is 8.74. The average molecular weight is 449 g/mol. The van der Waals surface area contributed by atoms with Crippen LogP contribution in [0.5, 0.6) is 0 Å². The number of ether oxygens (including phenoxy) is 1. The molecule has 1 N–H and O–H groups in total. The van der Waals surface area contributed by atoms with Crippen LogP contribution in [-0.4, -0.2) is 47.8 Å². The van der Waals surface area contributed by atoms with Gasteiger partial charge in [-0.25, -0.2) is 4.79 Å². The summed E-state index contributed by atoms with van der Waals surface area (Å²) in [7, 11) is 0. The number of fused-ring (bicyclic) bond motifs is 3. The summed E-state index contributed by atoms with van der Waals surface area (Å²) < 4.78 is 7.31. The lowest BCUT2D eigenvalue weighted by Gasteiger charge is -2.52. The zero-order valence-electron chi connectivity index (χ0n) is 19.7. The molecule has 1 aliphatic carbocycles. The Labute approximate surface area is 198 Å². The van der Waals surface area contributed by atoms with Crippen LogP contribution in [0.1, 0.15) is 56.1 Å². The van der Waals surface area contributed by atoms with E-state index in [-0.39, 0.29) is 12.0 Å². The molecule has 2 aromatic rings. The Hall–Kier alpha value is -2.17. The van der Waals surface area contributed by atoms with Gasteiger partial charge in [0.2, 0.25) is 0 Å². The summed E-state index contributed by atoms with van der Waals surface area (Å²) in [5, 5.41) is 11.9. The van der Waals surface area contributed by atoms with Gasteiger partial charge in [0.15, 0.2) is 11.7 Å². The molecular weight excluding hydrogens is 410 g/mol. The third kappa shape index (κ3) is 4.61. The summed E-state index contributed by atoms with van der Waals surface area (Å²) in [6, 6.07) is 20.2. The van der Waals surface area contributed by atoms with E-state index in [9.17, 15) is 9.90 Å². The second kappa shape index (κ2) is 9.60. The first-order valence-corrected chi connectivity index (χ1v) is 13.0. The second-order valence-corrected chi connectivity index (χ2v) is 10.7. The number of hydrogen-bond donors (Lipinski definition) is 1. The van der Waals surface area contributed by atoms with Gasteiger partial charge in [0.1, 0.15) is 6.54 Å². The van der Waals surface area contributed by atoms with Crippen molar-refractivity contribution in [3.05, 3.63) is 71.8 Å². The van der Waals surface area contributed by atoms with Crippen LogP contribution in [-0.2, 0) is 21.6 Å². The van der Waals surface area contributed by atoms with Crippen molar-refractivity contribution in [3.63, 3.8) is 0 Å². The van der Waals surface area contributed by atoms with Gasteiger partial charge in [0.25, 0.3) is 0 Å². The highest BCUT2D eigenvalue weighted by molar-refractivity contribution is 5.81. The van der Waals surface area contributed by atoms with Crippen molar-refractivity contribution in [1.29, 1.82) is 0 Å². The molecule has 4 heteroatoms. The van der Waals surface area contributed by atoms with Crippen LogP contribution in [0, 0.1) is 11.8 Å². The summed E-state index contributed by atoms with van der Waals surface area (Å²) in [5.74, 6) is -0.0546. The standard InChI is InChI=1S/C29H38NO3/c31-28(29(32,25-12-6-2-7-13-25)26-14-8-3-9-15-26)33-27-22-30(20-17-24(27)18-21-30)19-16-23-10-4-1-5-11-23/h1-2,4-7,10-13,24,26-27,32H,3,8-9,14-22H2/q+1/t24?,27-,29+,30?/m0/s1. The number of piperidine rings is 3. The maximum atomic E-state index is 13.7. The molecule has 6 rings (SSSR count). The number of carbonyl (C=O) groups excluding carboxylic acids is 1. The minimum absolute atomic E-state index is 0.0662. The molecule has 3 saturated heterocycles. The smallest absolute Gasteiger partial charge is 0.343 e. The van der Waals surface area contributed by atoms with E-state index in [1.54, 1.807) is 0 Å². The number of quaternary nitrogens is 1. The molecule has 0 spiro atoms. The fourth-order valence-corrected chi connectivity index (χ4v) is 6.64. The maximum absolute atomic E-state index is 13.7. The fraction of sp³-hybridized carbons (Fsp3) is 0.552. The van der Waals surface area contributed by atoms with E-state index in [0.29, 0.717) is 11.5 Å². The molecule has 4 nitrogen and oxygen atoms in total. The van der Waals surface area contributed by atoms with Crippen molar-refractivity contribution in [2.45, 2.75) is 63.1 Å². The first-order valence-electron chi connectivity index (χ1n) is 13.0. The van der Waals surface area contributed by atoms with Gasteiger partial charge < -0.3 is 14.3 Å². The second-order valence-electron chi connectivity index (χ2n) is 10.7. The van der Waals surface area contributed by atoms with Crippen molar-refractivity contribution in [1.82, 2.24) is 0 Å². The van der Waals surface area contributed by atoms with Gasteiger partial charge in [0.05, 0.1) is 19.6 Å². The fourth-order valence-electron chi connectivity index (χ4n) is 6.64. The summed E-state index contributed by atoms with van der Waals surface area (Å²) >= 11 is 0.